The molecule has 0 saturated carbocycles. The molecule has 0 atom stereocenters. The second kappa shape index (κ2) is 5.13. The third-order valence-electron chi connectivity index (χ3n) is 3.81. The van der Waals surface area contributed by atoms with Crippen molar-refractivity contribution < 1.29 is 9.53 Å². The highest BCUT2D eigenvalue weighted by molar-refractivity contribution is 6.03. The molecule has 0 unspecified atom stereocenters. The molecule has 0 bridgehead atoms. The van der Waals surface area contributed by atoms with Crippen molar-refractivity contribution in [3.8, 4) is 16.9 Å². The van der Waals surface area contributed by atoms with E-state index in [1.165, 1.54) is 0 Å². The third-order valence-corrected chi connectivity index (χ3v) is 3.81. The number of benzene rings is 2. The van der Waals surface area contributed by atoms with Crippen molar-refractivity contribution >= 4 is 11.6 Å². The maximum atomic E-state index is 12.3. The summed E-state index contributed by atoms with van der Waals surface area (Å²) in [6.45, 7) is 0.535. The predicted molar refractivity (Wildman–Crippen MR) is 83.9 cm³/mol. The van der Waals surface area contributed by atoms with Crippen LogP contribution in [0, 0.1) is 0 Å². The number of nitrogens with zero attached hydrogens (tertiary/aromatic N) is 1. The molecular formula is C17H18N2O2. The molecule has 4 heteroatoms. The lowest BCUT2D eigenvalue weighted by atomic mass is 9.96. The fourth-order valence-corrected chi connectivity index (χ4v) is 2.61. The van der Waals surface area contributed by atoms with Crippen LogP contribution in [0.1, 0.15) is 15.9 Å². The molecule has 2 aromatic rings. The summed E-state index contributed by atoms with van der Waals surface area (Å²) in [7, 11) is 5.62. The zero-order chi connectivity index (χ0) is 15.0. The summed E-state index contributed by atoms with van der Waals surface area (Å²) in [6, 6.07) is 11.9. The Morgan fingerprint density at radius 2 is 1.81 bits per heavy atom. The molecule has 0 aliphatic carbocycles. The molecule has 4 nitrogen and oxygen atoms in total. The van der Waals surface area contributed by atoms with Crippen molar-refractivity contribution in [2.75, 3.05) is 26.1 Å². The van der Waals surface area contributed by atoms with E-state index in [9.17, 15) is 4.79 Å². The highest BCUT2D eigenvalue weighted by atomic mass is 16.5. The van der Waals surface area contributed by atoms with Gasteiger partial charge in [-0.2, -0.15) is 0 Å². The Morgan fingerprint density at radius 3 is 2.52 bits per heavy atom. The Hall–Kier alpha value is -2.49. The van der Waals surface area contributed by atoms with Gasteiger partial charge >= 0.3 is 0 Å². The number of hydrogen-bond donors (Lipinski definition) is 1. The van der Waals surface area contributed by atoms with E-state index in [-0.39, 0.29) is 5.91 Å². The van der Waals surface area contributed by atoms with E-state index in [1.54, 1.807) is 13.2 Å². The molecule has 1 aliphatic heterocycles. The molecule has 0 saturated heterocycles. The monoisotopic (exact) mass is 282 g/mol. The van der Waals surface area contributed by atoms with Gasteiger partial charge in [-0.3, -0.25) is 4.79 Å². The highest BCUT2D eigenvalue weighted by Crippen LogP contribution is 2.33. The summed E-state index contributed by atoms with van der Waals surface area (Å²) in [6.07, 6.45) is 0. The summed E-state index contributed by atoms with van der Waals surface area (Å²) in [5, 5.41) is 2.96. The fraction of sp³-hybridized carbons (Fsp3) is 0.235. The van der Waals surface area contributed by atoms with Crippen molar-refractivity contribution in [1.82, 2.24) is 5.32 Å². The van der Waals surface area contributed by atoms with E-state index in [4.69, 9.17) is 4.74 Å². The standard InChI is InChI=1S/C17H18N2O2/c1-19(2)12-4-6-14-11(8-12)10-18-17(20)16-9-13(21-3)5-7-15(14)16/h4-9H,10H2,1-3H3,(H,18,20). The van der Waals surface area contributed by atoms with Crippen LogP contribution in [-0.4, -0.2) is 27.1 Å². The van der Waals surface area contributed by atoms with E-state index < -0.39 is 0 Å². The second-order valence-electron chi connectivity index (χ2n) is 5.33. The topological polar surface area (TPSA) is 41.6 Å². The van der Waals surface area contributed by atoms with Gasteiger partial charge in [-0.1, -0.05) is 6.07 Å². The minimum Gasteiger partial charge on any atom is -0.497 e. The number of rotatable bonds is 2. The molecule has 0 fully saturated rings. The number of fused-ring (bicyclic) bond motifs is 3. The normalized spacial score (nSPS) is 12.8. The van der Waals surface area contributed by atoms with Gasteiger partial charge in [0.25, 0.3) is 5.91 Å². The predicted octanol–water partition coefficient (Wildman–Crippen LogP) is 2.67. The maximum Gasteiger partial charge on any atom is 0.252 e. The molecular weight excluding hydrogens is 264 g/mol. The lowest BCUT2D eigenvalue weighted by molar-refractivity contribution is 0.0952. The van der Waals surface area contributed by atoms with Crippen LogP contribution in [0.5, 0.6) is 5.75 Å². The summed E-state index contributed by atoms with van der Waals surface area (Å²) in [4.78, 5) is 14.3. The SMILES string of the molecule is COc1ccc2c(c1)C(=O)NCc1cc(N(C)C)ccc1-2. The lowest BCUT2D eigenvalue weighted by Crippen LogP contribution is -2.21. The van der Waals surface area contributed by atoms with Gasteiger partial charge < -0.3 is 15.0 Å². The largest absolute Gasteiger partial charge is 0.497 e. The number of amides is 1. The van der Waals surface area contributed by atoms with Gasteiger partial charge in [0, 0.05) is 26.3 Å². The first-order chi connectivity index (χ1) is 10.1. The van der Waals surface area contributed by atoms with E-state index in [2.05, 4.69) is 28.4 Å². The quantitative estimate of drug-likeness (QED) is 0.920. The Labute approximate surface area is 124 Å². The van der Waals surface area contributed by atoms with E-state index >= 15 is 0 Å². The second-order valence-corrected chi connectivity index (χ2v) is 5.33. The van der Waals surface area contributed by atoms with Gasteiger partial charge in [-0.05, 0) is 47.0 Å². The van der Waals surface area contributed by atoms with E-state index in [0.717, 1.165) is 22.4 Å². The third kappa shape index (κ3) is 2.33. The van der Waals surface area contributed by atoms with Crippen LogP contribution < -0.4 is 15.0 Å². The van der Waals surface area contributed by atoms with Crippen LogP contribution in [-0.2, 0) is 6.54 Å². The first-order valence-electron chi connectivity index (χ1n) is 6.87. The van der Waals surface area contributed by atoms with Crippen LogP contribution in [0.4, 0.5) is 5.69 Å². The lowest BCUT2D eigenvalue weighted by Gasteiger charge is -2.16. The van der Waals surface area contributed by atoms with Crippen LogP contribution >= 0.6 is 0 Å². The van der Waals surface area contributed by atoms with Crippen LogP contribution in [0.15, 0.2) is 36.4 Å². The molecule has 1 aliphatic rings. The molecule has 0 radical (unpaired) electrons. The number of ether oxygens (including phenoxy) is 1. The minimum atomic E-state index is -0.0634. The summed E-state index contributed by atoms with van der Waals surface area (Å²) in [5.41, 5.74) is 4.95. The minimum absolute atomic E-state index is 0.0634. The number of carbonyl (C=O) groups is 1. The highest BCUT2D eigenvalue weighted by Gasteiger charge is 2.20. The van der Waals surface area contributed by atoms with Gasteiger partial charge in [0.2, 0.25) is 0 Å². The summed E-state index contributed by atoms with van der Waals surface area (Å²) >= 11 is 0. The average Bonchev–Trinajstić information content (AvgIpc) is 2.64. The molecule has 21 heavy (non-hydrogen) atoms. The smallest absolute Gasteiger partial charge is 0.252 e. The van der Waals surface area contributed by atoms with E-state index in [0.29, 0.717) is 17.9 Å². The van der Waals surface area contributed by atoms with Gasteiger partial charge in [0.1, 0.15) is 5.75 Å². The number of methoxy groups -OCH3 is 1. The Balaban J connectivity index is 2.18. The number of hydrogen-bond acceptors (Lipinski definition) is 3. The van der Waals surface area contributed by atoms with Gasteiger partial charge in [0.15, 0.2) is 0 Å². The summed E-state index contributed by atoms with van der Waals surface area (Å²) in [5.74, 6) is 0.628. The molecule has 0 aromatic heterocycles. The van der Waals surface area contributed by atoms with Crippen molar-refractivity contribution in [3.05, 3.63) is 47.5 Å². The summed E-state index contributed by atoms with van der Waals surface area (Å²) < 4.78 is 5.22. The van der Waals surface area contributed by atoms with Crippen molar-refractivity contribution in [1.29, 1.82) is 0 Å². The first-order valence-corrected chi connectivity index (χ1v) is 6.87. The van der Waals surface area contributed by atoms with E-state index in [1.807, 2.05) is 26.2 Å². The molecule has 2 aromatic carbocycles. The molecule has 1 amide bonds. The Morgan fingerprint density at radius 1 is 1.05 bits per heavy atom. The zero-order valence-corrected chi connectivity index (χ0v) is 12.4. The molecule has 3 rings (SSSR count). The molecule has 0 spiro atoms. The number of anilines is 1. The van der Waals surface area contributed by atoms with Crippen LogP contribution in [0.25, 0.3) is 11.1 Å². The van der Waals surface area contributed by atoms with Gasteiger partial charge in [-0.15, -0.1) is 0 Å². The van der Waals surface area contributed by atoms with Crippen molar-refractivity contribution in [3.63, 3.8) is 0 Å². The van der Waals surface area contributed by atoms with Crippen LogP contribution in [0.3, 0.4) is 0 Å². The number of nitrogens with one attached hydrogen (secondary N) is 1. The average molecular weight is 282 g/mol. The molecule has 108 valence electrons. The van der Waals surface area contributed by atoms with Crippen molar-refractivity contribution in [2.24, 2.45) is 0 Å². The maximum absolute atomic E-state index is 12.3. The van der Waals surface area contributed by atoms with Crippen molar-refractivity contribution in [2.45, 2.75) is 6.54 Å². The zero-order valence-electron chi connectivity index (χ0n) is 12.4. The molecule has 1 heterocycles. The van der Waals surface area contributed by atoms with Crippen LogP contribution in [0.2, 0.25) is 0 Å². The fourth-order valence-electron chi connectivity index (χ4n) is 2.61. The first kappa shape index (κ1) is 13.5. The van der Waals surface area contributed by atoms with Gasteiger partial charge in [-0.25, -0.2) is 0 Å². The van der Waals surface area contributed by atoms with Gasteiger partial charge in [0.05, 0.1) is 12.7 Å². The Bertz CT molecular complexity index is 708. The number of carbonyl (C=O) groups excluding carboxylic acids is 1. The Kier molecular flexibility index (Phi) is 3.29. The molecule has 1 N–H and O–H groups in total.